The standard InChI is InChI=1S/C14H17Br2NO2/c1-14(19-2)4-3-5-17(9-14)13(18)10-6-11(15)8-12(16)7-10/h6-8H,3-5,9H2,1-2H3. The summed E-state index contributed by atoms with van der Waals surface area (Å²) in [5.74, 6) is 0.0602. The second kappa shape index (κ2) is 5.94. The molecule has 0 spiro atoms. The fourth-order valence-corrected chi connectivity index (χ4v) is 3.70. The van der Waals surface area contributed by atoms with Gasteiger partial charge in [0.2, 0.25) is 0 Å². The molecule has 2 rings (SSSR count). The SMILES string of the molecule is COC1(C)CCCN(C(=O)c2cc(Br)cc(Br)c2)C1. The van der Waals surface area contributed by atoms with Crippen molar-refractivity contribution in [2.75, 3.05) is 20.2 Å². The van der Waals surface area contributed by atoms with Crippen molar-refractivity contribution in [3.05, 3.63) is 32.7 Å². The summed E-state index contributed by atoms with van der Waals surface area (Å²) in [5, 5.41) is 0. The number of methoxy groups -OCH3 is 1. The van der Waals surface area contributed by atoms with Crippen molar-refractivity contribution in [3.63, 3.8) is 0 Å². The van der Waals surface area contributed by atoms with Gasteiger partial charge in [-0.1, -0.05) is 31.9 Å². The van der Waals surface area contributed by atoms with Gasteiger partial charge in [-0.2, -0.15) is 0 Å². The molecule has 0 aliphatic carbocycles. The fraction of sp³-hybridized carbons (Fsp3) is 0.500. The van der Waals surface area contributed by atoms with Crippen molar-refractivity contribution in [1.82, 2.24) is 4.90 Å². The van der Waals surface area contributed by atoms with E-state index in [-0.39, 0.29) is 11.5 Å². The highest BCUT2D eigenvalue weighted by atomic mass is 79.9. The zero-order valence-corrected chi connectivity index (χ0v) is 14.3. The average molecular weight is 391 g/mol. The first kappa shape index (κ1) is 15.0. The van der Waals surface area contributed by atoms with E-state index in [0.717, 1.165) is 28.3 Å². The zero-order valence-electron chi connectivity index (χ0n) is 11.1. The molecular formula is C14H17Br2NO2. The number of benzene rings is 1. The zero-order chi connectivity index (χ0) is 14.0. The van der Waals surface area contributed by atoms with Crippen LogP contribution in [-0.2, 0) is 4.74 Å². The van der Waals surface area contributed by atoms with E-state index in [1.165, 1.54) is 0 Å². The van der Waals surface area contributed by atoms with Gasteiger partial charge in [-0.25, -0.2) is 0 Å². The van der Waals surface area contributed by atoms with Gasteiger partial charge >= 0.3 is 0 Å². The van der Waals surface area contributed by atoms with Crippen molar-refractivity contribution >= 4 is 37.8 Å². The first-order valence-electron chi connectivity index (χ1n) is 6.24. The van der Waals surface area contributed by atoms with Crippen molar-refractivity contribution in [3.8, 4) is 0 Å². The van der Waals surface area contributed by atoms with Crippen LogP contribution >= 0.6 is 31.9 Å². The van der Waals surface area contributed by atoms with Crippen LogP contribution in [0.15, 0.2) is 27.1 Å². The maximum atomic E-state index is 12.5. The number of hydrogen-bond donors (Lipinski definition) is 0. The number of halogens is 2. The van der Waals surface area contributed by atoms with Gasteiger partial charge in [0.05, 0.1) is 5.60 Å². The van der Waals surface area contributed by atoms with E-state index >= 15 is 0 Å². The van der Waals surface area contributed by atoms with Crippen molar-refractivity contribution < 1.29 is 9.53 Å². The highest BCUT2D eigenvalue weighted by Gasteiger charge is 2.33. The van der Waals surface area contributed by atoms with E-state index in [4.69, 9.17) is 4.74 Å². The summed E-state index contributed by atoms with van der Waals surface area (Å²) >= 11 is 6.83. The number of likely N-dealkylation sites (tertiary alicyclic amines) is 1. The third-order valence-corrected chi connectivity index (χ3v) is 4.46. The lowest BCUT2D eigenvalue weighted by atomic mass is 9.94. The van der Waals surface area contributed by atoms with Gasteiger partial charge in [0.25, 0.3) is 5.91 Å². The minimum atomic E-state index is -0.225. The number of hydrogen-bond acceptors (Lipinski definition) is 2. The second-order valence-corrected chi connectivity index (χ2v) is 6.97. The lowest BCUT2D eigenvalue weighted by Gasteiger charge is -2.39. The van der Waals surface area contributed by atoms with E-state index < -0.39 is 0 Å². The molecule has 1 unspecified atom stereocenters. The first-order chi connectivity index (χ1) is 8.93. The van der Waals surface area contributed by atoms with Crippen LogP contribution in [0.4, 0.5) is 0 Å². The molecule has 0 saturated carbocycles. The molecule has 1 aromatic rings. The largest absolute Gasteiger partial charge is 0.377 e. The Balaban J connectivity index is 2.19. The van der Waals surface area contributed by atoms with Crippen LogP contribution in [0.2, 0.25) is 0 Å². The van der Waals surface area contributed by atoms with E-state index in [9.17, 15) is 4.79 Å². The number of carbonyl (C=O) groups is 1. The van der Waals surface area contributed by atoms with Gasteiger partial charge in [-0.05, 0) is 38.0 Å². The van der Waals surface area contributed by atoms with E-state index in [1.54, 1.807) is 7.11 Å². The number of amides is 1. The Morgan fingerprint density at radius 3 is 2.53 bits per heavy atom. The summed E-state index contributed by atoms with van der Waals surface area (Å²) in [6.45, 7) is 3.50. The monoisotopic (exact) mass is 389 g/mol. The smallest absolute Gasteiger partial charge is 0.254 e. The highest BCUT2D eigenvalue weighted by molar-refractivity contribution is 9.11. The molecule has 1 saturated heterocycles. The van der Waals surface area contributed by atoms with Gasteiger partial charge < -0.3 is 9.64 Å². The van der Waals surface area contributed by atoms with Gasteiger partial charge in [-0.15, -0.1) is 0 Å². The van der Waals surface area contributed by atoms with Crippen LogP contribution in [0.3, 0.4) is 0 Å². The maximum absolute atomic E-state index is 12.5. The van der Waals surface area contributed by atoms with Gasteiger partial charge in [0.15, 0.2) is 0 Å². The van der Waals surface area contributed by atoms with Crippen molar-refractivity contribution in [2.45, 2.75) is 25.4 Å². The Morgan fingerprint density at radius 2 is 1.95 bits per heavy atom. The van der Waals surface area contributed by atoms with Gasteiger partial charge in [0, 0.05) is 34.7 Å². The molecule has 0 aromatic heterocycles. The first-order valence-corrected chi connectivity index (χ1v) is 7.83. The summed E-state index contributed by atoms with van der Waals surface area (Å²) in [6.07, 6.45) is 1.97. The molecule has 1 heterocycles. The summed E-state index contributed by atoms with van der Waals surface area (Å²) < 4.78 is 7.33. The molecule has 0 bridgehead atoms. The number of ether oxygens (including phenoxy) is 1. The Kier molecular flexibility index (Phi) is 4.69. The summed E-state index contributed by atoms with van der Waals surface area (Å²) in [7, 11) is 1.71. The Hall–Kier alpha value is -0.390. The van der Waals surface area contributed by atoms with Crippen LogP contribution in [0, 0.1) is 0 Å². The lowest BCUT2D eigenvalue weighted by molar-refractivity contribution is -0.0440. The van der Waals surface area contributed by atoms with Crippen LogP contribution in [0.1, 0.15) is 30.1 Å². The van der Waals surface area contributed by atoms with Crippen LogP contribution in [0.5, 0.6) is 0 Å². The van der Waals surface area contributed by atoms with Gasteiger partial charge in [-0.3, -0.25) is 4.79 Å². The summed E-state index contributed by atoms with van der Waals surface area (Å²) in [4.78, 5) is 14.4. The number of rotatable bonds is 2. The Labute approximate surface area is 130 Å². The molecule has 19 heavy (non-hydrogen) atoms. The van der Waals surface area contributed by atoms with Crippen LogP contribution < -0.4 is 0 Å². The molecule has 3 nitrogen and oxygen atoms in total. The van der Waals surface area contributed by atoms with Gasteiger partial charge in [0.1, 0.15) is 0 Å². The summed E-state index contributed by atoms with van der Waals surface area (Å²) in [6, 6.07) is 5.63. The molecule has 1 atom stereocenters. The van der Waals surface area contributed by atoms with Crippen molar-refractivity contribution in [2.24, 2.45) is 0 Å². The molecule has 1 aliphatic rings. The van der Waals surface area contributed by atoms with Crippen LogP contribution in [0.25, 0.3) is 0 Å². The fourth-order valence-electron chi connectivity index (χ4n) is 2.41. The third-order valence-electron chi connectivity index (χ3n) is 3.55. The number of piperidine rings is 1. The number of nitrogens with zero attached hydrogens (tertiary/aromatic N) is 1. The molecule has 1 aliphatic heterocycles. The maximum Gasteiger partial charge on any atom is 0.254 e. The molecule has 0 radical (unpaired) electrons. The lowest BCUT2D eigenvalue weighted by Crippen LogP contribution is -2.49. The topological polar surface area (TPSA) is 29.5 Å². The normalized spacial score (nSPS) is 23.5. The Bertz CT molecular complexity index is 472. The Morgan fingerprint density at radius 1 is 1.32 bits per heavy atom. The van der Waals surface area contributed by atoms with E-state index in [0.29, 0.717) is 12.1 Å². The highest BCUT2D eigenvalue weighted by Crippen LogP contribution is 2.26. The molecular weight excluding hydrogens is 374 g/mol. The quantitative estimate of drug-likeness (QED) is 0.767. The third kappa shape index (κ3) is 3.58. The van der Waals surface area contributed by atoms with E-state index in [2.05, 4.69) is 38.8 Å². The molecule has 1 aromatic carbocycles. The average Bonchev–Trinajstić information content (AvgIpc) is 2.37. The molecule has 104 valence electrons. The second-order valence-electron chi connectivity index (χ2n) is 5.14. The summed E-state index contributed by atoms with van der Waals surface area (Å²) in [5.41, 5.74) is 0.471. The van der Waals surface area contributed by atoms with E-state index in [1.807, 2.05) is 23.1 Å². The molecule has 0 N–H and O–H groups in total. The number of carbonyl (C=O) groups excluding carboxylic acids is 1. The van der Waals surface area contributed by atoms with Crippen LogP contribution in [-0.4, -0.2) is 36.6 Å². The molecule has 1 fully saturated rings. The molecule has 1 amide bonds. The molecule has 5 heteroatoms. The minimum Gasteiger partial charge on any atom is -0.377 e. The predicted octanol–water partition coefficient (Wildman–Crippen LogP) is 3.85. The minimum absolute atomic E-state index is 0.0602. The predicted molar refractivity (Wildman–Crippen MR) is 82.4 cm³/mol. The van der Waals surface area contributed by atoms with Crippen molar-refractivity contribution in [1.29, 1.82) is 0 Å².